The van der Waals surface area contributed by atoms with E-state index in [0.717, 1.165) is 10.5 Å². The van der Waals surface area contributed by atoms with Gasteiger partial charge in [-0.3, -0.25) is 4.79 Å². The zero-order valence-corrected chi connectivity index (χ0v) is 14.3. The van der Waals surface area contributed by atoms with Crippen molar-refractivity contribution in [1.29, 1.82) is 0 Å². The first kappa shape index (κ1) is 20.0. The molecule has 0 aliphatic rings. The van der Waals surface area contributed by atoms with E-state index in [2.05, 4.69) is 15.9 Å². The normalized spacial score (nSPS) is 12.4. The van der Waals surface area contributed by atoms with Gasteiger partial charge in [-0.25, -0.2) is 0 Å². The maximum absolute atomic E-state index is 12.8. The molecule has 0 heterocycles. The number of hydrogen-bond donors (Lipinski definition) is 1. The minimum atomic E-state index is -4.98. The first-order valence-electron chi connectivity index (χ1n) is 6.99. The fourth-order valence-electron chi connectivity index (χ4n) is 1.99. The number of carbonyl (C=O) groups is 1. The van der Waals surface area contributed by atoms with Gasteiger partial charge in [0.05, 0.1) is 11.1 Å². The van der Waals surface area contributed by atoms with Gasteiger partial charge in [-0.15, -0.1) is 0 Å². The smallest absolute Gasteiger partial charge is 0.322 e. The molecule has 2 aromatic rings. The van der Waals surface area contributed by atoms with E-state index >= 15 is 0 Å². The summed E-state index contributed by atoms with van der Waals surface area (Å²) in [5, 5.41) is 2.01. The van der Waals surface area contributed by atoms with Crippen molar-refractivity contribution in [3.8, 4) is 0 Å². The summed E-state index contributed by atoms with van der Waals surface area (Å²) in [6, 6.07) is 7.67. The van der Waals surface area contributed by atoms with Gasteiger partial charge in [-0.1, -0.05) is 28.1 Å². The van der Waals surface area contributed by atoms with Gasteiger partial charge < -0.3 is 5.32 Å². The van der Waals surface area contributed by atoms with Crippen LogP contribution >= 0.6 is 15.9 Å². The summed E-state index contributed by atoms with van der Waals surface area (Å²) in [5.41, 5.74) is -2.98. The van der Waals surface area contributed by atoms with Crippen LogP contribution in [0.15, 0.2) is 53.0 Å². The van der Waals surface area contributed by atoms with Crippen LogP contribution in [0.25, 0.3) is 6.08 Å². The van der Waals surface area contributed by atoms with Gasteiger partial charge in [-0.05, 0) is 42.0 Å². The number of alkyl halides is 6. The highest BCUT2D eigenvalue weighted by Crippen LogP contribution is 2.37. The molecule has 2 rings (SSSR count). The van der Waals surface area contributed by atoms with Crippen LogP contribution in [0.2, 0.25) is 0 Å². The number of hydrogen-bond acceptors (Lipinski definition) is 1. The van der Waals surface area contributed by atoms with Crippen molar-refractivity contribution in [2.24, 2.45) is 0 Å². The molecule has 9 heteroatoms. The number of benzene rings is 2. The first-order chi connectivity index (χ1) is 11.9. The molecular formula is C17H10BrF6NO. The number of halogens is 7. The number of amides is 1. The Labute approximate surface area is 152 Å². The van der Waals surface area contributed by atoms with Crippen LogP contribution in [0.5, 0.6) is 0 Å². The minimum absolute atomic E-state index is 0.00695. The molecule has 1 amide bonds. The van der Waals surface area contributed by atoms with Gasteiger partial charge in [0, 0.05) is 16.2 Å². The van der Waals surface area contributed by atoms with E-state index in [4.69, 9.17) is 0 Å². The molecule has 0 radical (unpaired) electrons. The first-order valence-corrected chi connectivity index (χ1v) is 7.78. The maximum atomic E-state index is 12.8. The molecule has 2 nitrogen and oxygen atoms in total. The summed E-state index contributed by atoms with van der Waals surface area (Å²) < 4.78 is 77.4. The number of nitrogens with one attached hydrogen (secondary N) is 1. The number of rotatable bonds is 3. The molecular weight excluding hydrogens is 428 g/mol. The summed E-state index contributed by atoms with van der Waals surface area (Å²) in [4.78, 5) is 11.8. The fraction of sp³-hybridized carbons (Fsp3) is 0.118. The second-order valence-electron chi connectivity index (χ2n) is 5.17. The van der Waals surface area contributed by atoms with Crippen molar-refractivity contribution >= 4 is 33.6 Å². The lowest BCUT2D eigenvalue weighted by Gasteiger charge is -2.14. The van der Waals surface area contributed by atoms with E-state index < -0.39 is 35.1 Å². The van der Waals surface area contributed by atoms with Crippen molar-refractivity contribution in [3.63, 3.8) is 0 Å². The third kappa shape index (κ3) is 5.62. The SMILES string of the molecule is O=C(C=Cc1cccc(Br)c1)Nc1cc(C(F)(F)F)cc(C(F)(F)F)c1. The molecule has 0 fully saturated rings. The van der Waals surface area contributed by atoms with Crippen LogP contribution in [0, 0.1) is 0 Å². The van der Waals surface area contributed by atoms with Gasteiger partial charge in [0.1, 0.15) is 0 Å². The second kappa shape index (κ2) is 7.53. The lowest BCUT2D eigenvalue weighted by Crippen LogP contribution is -2.14. The highest BCUT2D eigenvalue weighted by molar-refractivity contribution is 9.10. The zero-order chi connectivity index (χ0) is 19.5. The largest absolute Gasteiger partial charge is 0.416 e. The predicted octanol–water partition coefficient (Wildman–Crippen LogP) is 6.14. The van der Waals surface area contributed by atoms with Crippen LogP contribution < -0.4 is 5.32 Å². The predicted molar refractivity (Wildman–Crippen MR) is 88.3 cm³/mol. The van der Waals surface area contributed by atoms with Crippen molar-refractivity contribution in [2.75, 3.05) is 5.32 Å². The Bertz CT molecular complexity index is 810. The highest BCUT2D eigenvalue weighted by Gasteiger charge is 2.37. The van der Waals surface area contributed by atoms with Crippen molar-refractivity contribution in [3.05, 3.63) is 69.7 Å². The molecule has 138 valence electrons. The van der Waals surface area contributed by atoms with Gasteiger partial charge in [0.2, 0.25) is 5.91 Å². The molecule has 0 atom stereocenters. The molecule has 0 bridgehead atoms. The van der Waals surface area contributed by atoms with E-state index in [9.17, 15) is 31.1 Å². The lowest BCUT2D eigenvalue weighted by molar-refractivity contribution is -0.143. The third-order valence-corrected chi connectivity index (χ3v) is 3.62. The van der Waals surface area contributed by atoms with Crippen molar-refractivity contribution in [1.82, 2.24) is 0 Å². The van der Waals surface area contributed by atoms with Crippen LogP contribution in [-0.2, 0) is 17.1 Å². The highest BCUT2D eigenvalue weighted by atomic mass is 79.9. The number of carbonyl (C=O) groups excluding carboxylic acids is 1. The maximum Gasteiger partial charge on any atom is 0.416 e. The monoisotopic (exact) mass is 437 g/mol. The molecule has 0 aromatic heterocycles. The summed E-state index contributed by atoms with van der Waals surface area (Å²) in [7, 11) is 0. The van der Waals surface area contributed by atoms with E-state index in [-0.39, 0.29) is 6.07 Å². The van der Waals surface area contributed by atoms with E-state index in [1.54, 1.807) is 24.3 Å². The Morgan fingerprint density at radius 2 is 1.50 bits per heavy atom. The Morgan fingerprint density at radius 3 is 2.00 bits per heavy atom. The fourth-order valence-corrected chi connectivity index (χ4v) is 2.41. The Balaban J connectivity index is 2.26. The molecule has 0 unspecified atom stereocenters. The standard InChI is InChI=1S/C17H10BrF6NO/c18-13-3-1-2-10(6-13)4-5-15(26)25-14-8-11(16(19,20)21)7-12(9-14)17(22,23)24/h1-9H,(H,25,26). The minimum Gasteiger partial charge on any atom is -0.322 e. The van der Waals surface area contributed by atoms with Crippen LogP contribution in [0.4, 0.5) is 32.0 Å². The zero-order valence-electron chi connectivity index (χ0n) is 12.8. The summed E-state index contributed by atoms with van der Waals surface area (Å²) in [5.74, 6) is -0.863. The third-order valence-electron chi connectivity index (χ3n) is 3.13. The summed E-state index contributed by atoms with van der Waals surface area (Å²) in [6.45, 7) is 0. The van der Waals surface area contributed by atoms with E-state index in [1.165, 1.54) is 6.08 Å². The average Bonchev–Trinajstić information content (AvgIpc) is 2.51. The van der Waals surface area contributed by atoms with Crippen molar-refractivity contribution in [2.45, 2.75) is 12.4 Å². The van der Waals surface area contributed by atoms with Gasteiger partial charge in [-0.2, -0.15) is 26.3 Å². The van der Waals surface area contributed by atoms with Crippen LogP contribution in [0.1, 0.15) is 16.7 Å². The molecule has 0 aliphatic heterocycles. The topological polar surface area (TPSA) is 29.1 Å². The lowest BCUT2D eigenvalue weighted by atomic mass is 10.1. The van der Waals surface area contributed by atoms with Gasteiger partial charge in [0.25, 0.3) is 0 Å². The molecule has 0 aliphatic carbocycles. The molecule has 1 N–H and O–H groups in total. The Morgan fingerprint density at radius 1 is 0.923 bits per heavy atom. The quantitative estimate of drug-likeness (QED) is 0.453. The molecule has 0 saturated carbocycles. The summed E-state index contributed by atoms with van der Waals surface area (Å²) >= 11 is 3.23. The van der Waals surface area contributed by atoms with E-state index in [1.807, 2.05) is 5.32 Å². The van der Waals surface area contributed by atoms with Crippen LogP contribution in [-0.4, -0.2) is 5.91 Å². The molecule has 26 heavy (non-hydrogen) atoms. The van der Waals surface area contributed by atoms with E-state index in [0.29, 0.717) is 17.7 Å². The summed E-state index contributed by atoms with van der Waals surface area (Å²) in [6.07, 6.45) is -7.58. The molecule has 2 aromatic carbocycles. The Kier molecular flexibility index (Phi) is 5.80. The van der Waals surface area contributed by atoms with Gasteiger partial charge >= 0.3 is 12.4 Å². The van der Waals surface area contributed by atoms with Crippen molar-refractivity contribution < 1.29 is 31.1 Å². The number of anilines is 1. The second-order valence-corrected chi connectivity index (χ2v) is 6.09. The molecule has 0 saturated heterocycles. The molecule has 0 spiro atoms. The van der Waals surface area contributed by atoms with Gasteiger partial charge in [0.15, 0.2) is 0 Å². The van der Waals surface area contributed by atoms with Crippen LogP contribution in [0.3, 0.4) is 0 Å². The Hall–Kier alpha value is -2.29. The average molecular weight is 438 g/mol.